The molecule has 0 unspecified atom stereocenters. The van der Waals surface area contributed by atoms with Crippen LogP contribution in [0.4, 0.5) is 0 Å². The van der Waals surface area contributed by atoms with E-state index in [9.17, 15) is 14.4 Å². The van der Waals surface area contributed by atoms with Crippen LogP contribution in [-0.2, 0) is 21.4 Å². The highest BCUT2D eigenvalue weighted by Gasteiger charge is 2.33. The van der Waals surface area contributed by atoms with Gasteiger partial charge in [-0.3, -0.25) is 9.59 Å². The van der Waals surface area contributed by atoms with Crippen molar-refractivity contribution in [2.24, 2.45) is 5.73 Å². The van der Waals surface area contributed by atoms with E-state index >= 15 is 0 Å². The molecule has 1 aromatic carbocycles. The third-order valence-corrected chi connectivity index (χ3v) is 6.38. The minimum atomic E-state index is -0.609. The number of aryl methyl sites for hydroxylation is 2. The van der Waals surface area contributed by atoms with Crippen LogP contribution in [0.3, 0.4) is 0 Å². The van der Waals surface area contributed by atoms with Gasteiger partial charge in [0.1, 0.15) is 17.2 Å². The average molecular weight is 424 g/mol. The SMILES string of the molecule is Cc1c(CC(=O)N2CCC[C@@H]2C(N)=O)c(=O)oc2c(C)c3occ(C(C)(C)C)c3cc12. The normalized spacial score (nSPS) is 17.1. The number of nitrogens with zero attached hydrogens (tertiary/aromatic N) is 1. The first-order valence-electron chi connectivity index (χ1n) is 10.6. The maximum atomic E-state index is 12.9. The summed E-state index contributed by atoms with van der Waals surface area (Å²) in [5.74, 6) is -0.798. The third-order valence-electron chi connectivity index (χ3n) is 6.38. The molecule has 7 heteroatoms. The third kappa shape index (κ3) is 3.42. The summed E-state index contributed by atoms with van der Waals surface area (Å²) in [6.07, 6.45) is 2.91. The summed E-state index contributed by atoms with van der Waals surface area (Å²) in [6, 6.07) is 1.37. The molecular formula is C24H28N2O5. The van der Waals surface area contributed by atoms with E-state index in [0.717, 1.165) is 28.3 Å². The van der Waals surface area contributed by atoms with Crippen LogP contribution in [-0.4, -0.2) is 29.3 Å². The summed E-state index contributed by atoms with van der Waals surface area (Å²) in [6.45, 7) is 10.5. The number of primary amides is 1. The van der Waals surface area contributed by atoms with Gasteiger partial charge in [-0.25, -0.2) is 4.79 Å². The Morgan fingerprint density at radius 3 is 2.52 bits per heavy atom. The van der Waals surface area contributed by atoms with Crippen LogP contribution in [0.25, 0.3) is 21.9 Å². The summed E-state index contributed by atoms with van der Waals surface area (Å²) < 4.78 is 11.5. The monoisotopic (exact) mass is 424 g/mol. The molecule has 0 bridgehead atoms. The van der Waals surface area contributed by atoms with Crippen molar-refractivity contribution in [3.63, 3.8) is 0 Å². The second-order valence-electron chi connectivity index (χ2n) is 9.47. The lowest BCUT2D eigenvalue weighted by molar-refractivity contribution is -0.136. The highest BCUT2D eigenvalue weighted by molar-refractivity contribution is 6.00. The van der Waals surface area contributed by atoms with Crippen LogP contribution < -0.4 is 11.4 Å². The van der Waals surface area contributed by atoms with Crippen LogP contribution >= 0.6 is 0 Å². The predicted octanol–water partition coefficient (Wildman–Crippen LogP) is 3.47. The molecule has 31 heavy (non-hydrogen) atoms. The molecule has 0 aliphatic carbocycles. The number of rotatable bonds is 3. The van der Waals surface area contributed by atoms with Crippen molar-refractivity contribution in [3.8, 4) is 0 Å². The van der Waals surface area contributed by atoms with Gasteiger partial charge in [0.15, 0.2) is 0 Å². The van der Waals surface area contributed by atoms with Crippen molar-refractivity contribution < 1.29 is 18.4 Å². The largest absolute Gasteiger partial charge is 0.464 e. The Balaban J connectivity index is 1.84. The lowest BCUT2D eigenvalue weighted by Crippen LogP contribution is -2.44. The van der Waals surface area contributed by atoms with Gasteiger partial charge in [-0.05, 0) is 43.7 Å². The maximum absolute atomic E-state index is 12.9. The molecule has 1 aliphatic heterocycles. The molecule has 1 aliphatic rings. The lowest BCUT2D eigenvalue weighted by Gasteiger charge is -2.22. The number of amides is 2. The van der Waals surface area contributed by atoms with Gasteiger partial charge in [0, 0.05) is 28.4 Å². The second kappa shape index (κ2) is 7.25. The van der Waals surface area contributed by atoms with Gasteiger partial charge in [-0.2, -0.15) is 0 Å². The van der Waals surface area contributed by atoms with E-state index in [1.54, 1.807) is 6.26 Å². The molecule has 3 aromatic rings. The van der Waals surface area contributed by atoms with E-state index < -0.39 is 17.6 Å². The van der Waals surface area contributed by atoms with Gasteiger partial charge in [0.25, 0.3) is 0 Å². The molecule has 2 N–H and O–H groups in total. The van der Waals surface area contributed by atoms with Crippen molar-refractivity contribution in [2.45, 2.75) is 65.3 Å². The standard InChI is InChI=1S/C24H28N2O5/c1-12-14-9-16-17(24(3,4)5)11-30-20(16)13(2)21(14)31-23(29)15(12)10-19(27)26-8-6-7-18(26)22(25)28/h9,11,18H,6-8,10H2,1-5H3,(H2,25,28)/t18-/m1/s1. The number of benzene rings is 1. The van der Waals surface area contributed by atoms with Crippen LogP contribution in [0.2, 0.25) is 0 Å². The van der Waals surface area contributed by atoms with Crippen LogP contribution in [0.15, 0.2) is 26.0 Å². The lowest BCUT2D eigenvalue weighted by atomic mass is 9.86. The van der Waals surface area contributed by atoms with E-state index in [4.69, 9.17) is 14.6 Å². The van der Waals surface area contributed by atoms with Crippen molar-refractivity contribution in [1.29, 1.82) is 0 Å². The number of carbonyl (C=O) groups excluding carboxylic acids is 2. The number of furan rings is 1. The Morgan fingerprint density at radius 1 is 1.16 bits per heavy atom. The Hall–Kier alpha value is -3.09. The van der Waals surface area contributed by atoms with Crippen LogP contribution in [0, 0.1) is 13.8 Å². The van der Waals surface area contributed by atoms with Gasteiger partial charge in [-0.15, -0.1) is 0 Å². The number of nitrogens with two attached hydrogens (primary N) is 1. The molecule has 1 atom stereocenters. The molecule has 3 heterocycles. The van der Waals surface area contributed by atoms with Gasteiger partial charge in [0.05, 0.1) is 18.2 Å². The zero-order valence-electron chi connectivity index (χ0n) is 18.6. The molecular weight excluding hydrogens is 396 g/mol. The summed E-state index contributed by atoms with van der Waals surface area (Å²) in [5.41, 5.74) is 8.79. The molecule has 0 saturated carbocycles. The minimum absolute atomic E-state index is 0.118. The minimum Gasteiger partial charge on any atom is -0.464 e. The molecule has 4 rings (SSSR count). The molecule has 164 valence electrons. The molecule has 0 spiro atoms. The Kier molecular flexibility index (Phi) is 4.95. The number of hydrogen-bond donors (Lipinski definition) is 1. The van der Waals surface area contributed by atoms with E-state index in [0.29, 0.717) is 35.3 Å². The maximum Gasteiger partial charge on any atom is 0.340 e. The molecule has 2 amide bonds. The van der Waals surface area contributed by atoms with E-state index in [-0.39, 0.29) is 17.7 Å². The smallest absolute Gasteiger partial charge is 0.340 e. The number of fused-ring (bicyclic) bond motifs is 2. The fourth-order valence-electron chi connectivity index (χ4n) is 4.60. The summed E-state index contributed by atoms with van der Waals surface area (Å²) in [7, 11) is 0. The first kappa shape index (κ1) is 21.2. The zero-order valence-corrected chi connectivity index (χ0v) is 18.6. The summed E-state index contributed by atoms with van der Waals surface area (Å²) in [4.78, 5) is 38.9. The molecule has 2 aromatic heterocycles. The summed E-state index contributed by atoms with van der Waals surface area (Å²) in [5, 5.41) is 1.76. The number of hydrogen-bond acceptors (Lipinski definition) is 5. The average Bonchev–Trinajstić information content (AvgIpc) is 3.33. The van der Waals surface area contributed by atoms with E-state index in [1.165, 1.54) is 4.90 Å². The van der Waals surface area contributed by atoms with Crippen molar-refractivity contribution in [1.82, 2.24) is 4.90 Å². The van der Waals surface area contributed by atoms with Gasteiger partial charge >= 0.3 is 5.63 Å². The molecule has 1 fully saturated rings. The van der Waals surface area contributed by atoms with Crippen LogP contribution in [0.5, 0.6) is 0 Å². The number of carbonyl (C=O) groups is 2. The second-order valence-corrected chi connectivity index (χ2v) is 9.47. The van der Waals surface area contributed by atoms with Gasteiger partial charge < -0.3 is 19.5 Å². The fraction of sp³-hybridized carbons (Fsp3) is 0.458. The first-order valence-corrected chi connectivity index (χ1v) is 10.6. The highest BCUT2D eigenvalue weighted by atomic mass is 16.4. The molecule has 1 saturated heterocycles. The Bertz CT molecular complexity index is 1280. The first-order chi connectivity index (χ1) is 14.5. The van der Waals surface area contributed by atoms with Crippen LogP contribution in [0.1, 0.15) is 55.9 Å². The highest BCUT2D eigenvalue weighted by Crippen LogP contribution is 2.37. The van der Waals surface area contributed by atoms with Crippen molar-refractivity contribution in [3.05, 3.63) is 45.0 Å². The Morgan fingerprint density at radius 2 is 1.87 bits per heavy atom. The molecule has 7 nitrogen and oxygen atoms in total. The Labute approximate surface area is 180 Å². The fourth-order valence-corrected chi connectivity index (χ4v) is 4.60. The van der Waals surface area contributed by atoms with Crippen molar-refractivity contribution >= 4 is 33.8 Å². The predicted molar refractivity (Wildman–Crippen MR) is 118 cm³/mol. The topological polar surface area (TPSA) is 107 Å². The number of likely N-dealkylation sites (tertiary alicyclic amines) is 1. The quantitative estimate of drug-likeness (QED) is 0.648. The zero-order chi connectivity index (χ0) is 22.7. The summed E-state index contributed by atoms with van der Waals surface area (Å²) >= 11 is 0. The van der Waals surface area contributed by atoms with E-state index in [1.807, 2.05) is 19.9 Å². The van der Waals surface area contributed by atoms with Crippen molar-refractivity contribution in [2.75, 3.05) is 6.54 Å². The van der Waals surface area contributed by atoms with E-state index in [2.05, 4.69) is 20.8 Å². The van der Waals surface area contributed by atoms with Gasteiger partial charge in [0.2, 0.25) is 11.8 Å². The van der Waals surface area contributed by atoms with Gasteiger partial charge in [-0.1, -0.05) is 20.8 Å². The molecule has 0 radical (unpaired) electrons.